The highest BCUT2D eigenvalue weighted by Crippen LogP contribution is 2.36. The lowest BCUT2D eigenvalue weighted by Crippen LogP contribution is -2.21. The Morgan fingerprint density at radius 2 is 2.53 bits per heavy atom. The Morgan fingerprint density at radius 3 is 3.13 bits per heavy atom. The fraction of sp³-hybridized carbons (Fsp3) is 0.583. The average molecular weight is 205 g/mol. The molecule has 0 aromatic carbocycles. The number of hydrogen-bond donors (Lipinski definition) is 1. The first-order chi connectivity index (χ1) is 7.29. The second-order valence-corrected chi connectivity index (χ2v) is 4.46. The zero-order valence-electron chi connectivity index (χ0n) is 9.32. The summed E-state index contributed by atoms with van der Waals surface area (Å²) < 4.78 is 1.74. The first-order valence-corrected chi connectivity index (χ1v) is 5.66. The van der Waals surface area contributed by atoms with Gasteiger partial charge in [-0.1, -0.05) is 13.5 Å². The van der Waals surface area contributed by atoms with Crippen LogP contribution >= 0.6 is 0 Å². The standard InChI is InChI=1S/C12H19N3/c1-3-15-9-11(8-14-15)7-13-6-10(2)12-4-5-12/h3,8-10,12-13H,1,4-7H2,2H3. The van der Waals surface area contributed by atoms with Crippen LogP contribution in [0.25, 0.3) is 6.20 Å². The van der Waals surface area contributed by atoms with Crippen LogP contribution in [-0.4, -0.2) is 16.3 Å². The smallest absolute Gasteiger partial charge is 0.0538 e. The Morgan fingerprint density at radius 1 is 1.73 bits per heavy atom. The maximum Gasteiger partial charge on any atom is 0.0538 e. The van der Waals surface area contributed by atoms with Gasteiger partial charge in [-0.15, -0.1) is 0 Å². The molecule has 3 heteroatoms. The minimum atomic E-state index is 0.819. The van der Waals surface area contributed by atoms with E-state index in [0.29, 0.717) is 0 Å². The first kappa shape index (κ1) is 10.4. The molecule has 0 spiro atoms. The van der Waals surface area contributed by atoms with Crippen LogP contribution in [0, 0.1) is 11.8 Å². The molecule has 2 rings (SSSR count). The van der Waals surface area contributed by atoms with Crippen molar-refractivity contribution in [1.82, 2.24) is 15.1 Å². The van der Waals surface area contributed by atoms with Gasteiger partial charge in [0.05, 0.1) is 6.20 Å². The summed E-state index contributed by atoms with van der Waals surface area (Å²) in [5, 5.41) is 7.61. The lowest BCUT2D eigenvalue weighted by molar-refractivity contribution is 0.461. The normalized spacial score (nSPS) is 17.7. The van der Waals surface area contributed by atoms with Crippen molar-refractivity contribution in [2.75, 3.05) is 6.54 Å². The van der Waals surface area contributed by atoms with E-state index in [1.165, 1.54) is 18.4 Å². The van der Waals surface area contributed by atoms with Gasteiger partial charge in [-0.05, 0) is 31.2 Å². The lowest BCUT2D eigenvalue weighted by atomic mass is 10.1. The van der Waals surface area contributed by atoms with Crippen LogP contribution in [0.15, 0.2) is 19.0 Å². The maximum atomic E-state index is 4.14. The zero-order valence-corrected chi connectivity index (χ0v) is 9.32. The van der Waals surface area contributed by atoms with E-state index < -0.39 is 0 Å². The molecule has 15 heavy (non-hydrogen) atoms. The number of aromatic nitrogens is 2. The predicted molar refractivity (Wildman–Crippen MR) is 62.2 cm³/mol. The van der Waals surface area contributed by atoms with Crippen LogP contribution in [0.5, 0.6) is 0 Å². The Bertz CT molecular complexity index is 325. The van der Waals surface area contributed by atoms with Gasteiger partial charge in [0.25, 0.3) is 0 Å². The highest BCUT2D eigenvalue weighted by Gasteiger charge is 2.27. The molecular formula is C12H19N3. The number of nitrogens with one attached hydrogen (secondary N) is 1. The second-order valence-electron chi connectivity index (χ2n) is 4.46. The number of nitrogens with zero attached hydrogens (tertiary/aromatic N) is 2. The summed E-state index contributed by atoms with van der Waals surface area (Å²) in [5.41, 5.74) is 1.22. The van der Waals surface area contributed by atoms with Crippen LogP contribution in [0.1, 0.15) is 25.3 Å². The quantitative estimate of drug-likeness (QED) is 0.771. The molecule has 1 heterocycles. The molecular weight excluding hydrogens is 186 g/mol. The summed E-state index contributed by atoms with van der Waals surface area (Å²) in [5.74, 6) is 1.80. The molecule has 1 aromatic heterocycles. The summed E-state index contributed by atoms with van der Waals surface area (Å²) >= 11 is 0. The van der Waals surface area contributed by atoms with Gasteiger partial charge in [-0.25, -0.2) is 4.68 Å². The Labute approximate surface area is 91.2 Å². The minimum Gasteiger partial charge on any atom is -0.312 e. The molecule has 1 aromatic rings. The van der Waals surface area contributed by atoms with E-state index >= 15 is 0 Å². The fourth-order valence-corrected chi connectivity index (χ4v) is 1.84. The van der Waals surface area contributed by atoms with Crippen molar-refractivity contribution in [3.63, 3.8) is 0 Å². The Kier molecular flexibility index (Phi) is 3.21. The zero-order chi connectivity index (χ0) is 10.7. The Balaban J connectivity index is 1.70. The molecule has 1 aliphatic rings. The molecule has 0 saturated heterocycles. The third-order valence-electron chi connectivity index (χ3n) is 3.06. The summed E-state index contributed by atoms with van der Waals surface area (Å²) in [6, 6.07) is 0. The molecule has 1 fully saturated rings. The Hall–Kier alpha value is -1.09. The van der Waals surface area contributed by atoms with E-state index in [0.717, 1.165) is 24.9 Å². The van der Waals surface area contributed by atoms with Gasteiger partial charge in [0.1, 0.15) is 0 Å². The van der Waals surface area contributed by atoms with Crippen molar-refractivity contribution in [3.05, 3.63) is 24.5 Å². The van der Waals surface area contributed by atoms with Crippen molar-refractivity contribution in [2.24, 2.45) is 11.8 Å². The van der Waals surface area contributed by atoms with Crippen LogP contribution in [0.4, 0.5) is 0 Å². The van der Waals surface area contributed by atoms with Crippen molar-refractivity contribution >= 4 is 6.20 Å². The monoisotopic (exact) mass is 205 g/mol. The molecule has 1 unspecified atom stereocenters. The van der Waals surface area contributed by atoms with Crippen molar-refractivity contribution in [1.29, 1.82) is 0 Å². The van der Waals surface area contributed by atoms with E-state index in [9.17, 15) is 0 Å². The van der Waals surface area contributed by atoms with Crippen LogP contribution in [0.2, 0.25) is 0 Å². The van der Waals surface area contributed by atoms with Crippen LogP contribution in [-0.2, 0) is 6.54 Å². The second kappa shape index (κ2) is 4.62. The molecule has 1 N–H and O–H groups in total. The summed E-state index contributed by atoms with van der Waals surface area (Å²) in [4.78, 5) is 0. The molecule has 82 valence electrons. The largest absolute Gasteiger partial charge is 0.312 e. The van der Waals surface area contributed by atoms with Crippen molar-refractivity contribution in [2.45, 2.75) is 26.3 Å². The van der Waals surface area contributed by atoms with Gasteiger partial charge in [0.2, 0.25) is 0 Å². The van der Waals surface area contributed by atoms with E-state index in [4.69, 9.17) is 0 Å². The van der Waals surface area contributed by atoms with Crippen molar-refractivity contribution in [3.8, 4) is 0 Å². The average Bonchev–Trinajstić information content (AvgIpc) is 2.99. The SMILES string of the molecule is C=Cn1cc(CNCC(C)C2CC2)cn1. The molecule has 0 aliphatic heterocycles. The fourth-order valence-electron chi connectivity index (χ4n) is 1.84. The summed E-state index contributed by atoms with van der Waals surface area (Å²) in [6.45, 7) is 8.02. The minimum absolute atomic E-state index is 0.819. The predicted octanol–water partition coefficient (Wildman–Crippen LogP) is 2.12. The van der Waals surface area contributed by atoms with Gasteiger partial charge >= 0.3 is 0 Å². The highest BCUT2D eigenvalue weighted by atomic mass is 15.2. The molecule has 0 amide bonds. The van der Waals surface area contributed by atoms with E-state index in [1.54, 1.807) is 10.9 Å². The summed E-state index contributed by atoms with van der Waals surface area (Å²) in [6.07, 6.45) is 8.45. The number of hydrogen-bond acceptors (Lipinski definition) is 2. The maximum absolute atomic E-state index is 4.14. The number of rotatable bonds is 6. The molecule has 1 saturated carbocycles. The van der Waals surface area contributed by atoms with Crippen LogP contribution < -0.4 is 5.32 Å². The van der Waals surface area contributed by atoms with E-state index in [2.05, 4.69) is 23.9 Å². The third kappa shape index (κ3) is 2.93. The third-order valence-corrected chi connectivity index (χ3v) is 3.06. The van der Waals surface area contributed by atoms with Gasteiger partial charge in [0, 0.05) is 24.5 Å². The molecule has 1 atom stereocenters. The highest BCUT2D eigenvalue weighted by molar-refractivity contribution is 5.17. The lowest BCUT2D eigenvalue weighted by Gasteiger charge is -2.10. The molecule has 0 radical (unpaired) electrons. The van der Waals surface area contributed by atoms with E-state index in [1.807, 2.05) is 12.4 Å². The van der Waals surface area contributed by atoms with Gasteiger partial charge in [0.15, 0.2) is 0 Å². The van der Waals surface area contributed by atoms with Gasteiger partial charge < -0.3 is 5.32 Å². The van der Waals surface area contributed by atoms with Crippen LogP contribution in [0.3, 0.4) is 0 Å². The first-order valence-electron chi connectivity index (χ1n) is 5.66. The molecule has 3 nitrogen and oxygen atoms in total. The molecule has 0 bridgehead atoms. The van der Waals surface area contributed by atoms with Crippen molar-refractivity contribution < 1.29 is 0 Å². The summed E-state index contributed by atoms with van der Waals surface area (Å²) in [7, 11) is 0. The topological polar surface area (TPSA) is 29.9 Å². The van der Waals surface area contributed by atoms with Gasteiger partial charge in [-0.2, -0.15) is 5.10 Å². The van der Waals surface area contributed by atoms with E-state index in [-0.39, 0.29) is 0 Å². The van der Waals surface area contributed by atoms with Gasteiger partial charge in [-0.3, -0.25) is 0 Å². The molecule has 1 aliphatic carbocycles.